The van der Waals surface area contributed by atoms with Crippen molar-refractivity contribution in [2.24, 2.45) is 0 Å². The van der Waals surface area contributed by atoms with Crippen LogP contribution in [0.3, 0.4) is 0 Å². The molecule has 5 nitrogen and oxygen atoms in total. The predicted molar refractivity (Wildman–Crippen MR) is 104 cm³/mol. The molecule has 2 heterocycles. The summed E-state index contributed by atoms with van der Waals surface area (Å²) in [7, 11) is 1.80. The molecule has 3 rings (SSSR count). The normalized spacial score (nSPS) is 17.8. The number of rotatable bonds is 6. The van der Waals surface area contributed by atoms with Gasteiger partial charge in [-0.25, -0.2) is 0 Å². The molecule has 1 aliphatic rings. The van der Waals surface area contributed by atoms with Crippen LogP contribution >= 0.6 is 11.3 Å². The van der Waals surface area contributed by atoms with Gasteiger partial charge in [0.2, 0.25) is 11.8 Å². The molecule has 1 N–H and O–H groups in total. The summed E-state index contributed by atoms with van der Waals surface area (Å²) in [6.45, 7) is 4.72. The van der Waals surface area contributed by atoms with Gasteiger partial charge in [0.1, 0.15) is 0 Å². The van der Waals surface area contributed by atoms with E-state index in [1.807, 2.05) is 29.0 Å². The molecule has 138 valence electrons. The van der Waals surface area contributed by atoms with Crippen LogP contribution in [0.25, 0.3) is 0 Å². The Labute approximate surface area is 158 Å². The van der Waals surface area contributed by atoms with Crippen molar-refractivity contribution >= 4 is 23.2 Å². The van der Waals surface area contributed by atoms with E-state index < -0.39 is 6.04 Å². The SMILES string of the molecule is Cc1ccccc1CN1CCNC(=O)[C@H]1CC(=O)N(C)Cc1ccsc1. The summed E-state index contributed by atoms with van der Waals surface area (Å²) in [6, 6.07) is 9.80. The van der Waals surface area contributed by atoms with E-state index in [4.69, 9.17) is 0 Å². The van der Waals surface area contributed by atoms with Gasteiger partial charge in [-0.2, -0.15) is 11.3 Å². The fraction of sp³-hybridized carbons (Fsp3) is 0.400. The lowest BCUT2D eigenvalue weighted by Gasteiger charge is -2.35. The smallest absolute Gasteiger partial charge is 0.237 e. The standard InChI is InChI=1S/C20H25N3O2S/c1-15-5-3-4-6-17(15)13-23-9-8-21-20(25)18(23)11-19(24)22(2)12-16-7-10-26-14-16/h3-7,10,14,18H,8-9,11-13H2,1-2H3,(H,21,25)/t18-/m1/s1. The quantitative estimate of drug-likeness (QED) is 0.848. The van der Waals surface area contributed by atoms with Gasteiger partial charge < -0.3 is 10.2 Å². The molecule has 1 aliphatic heterocycles. The van der Waals surface area contributed by atoms with E-state index in [-0.39, 0.29) is 18.2 Å². The van der Waals surface area contributed by atoms with E-state index in [2.05, 4.69) is 29.3 Å². The largest absolute Gasteiger partial charge is 0.353 e. The number of nitrogens with one attached hydrogen (secondary N) is 1. The Morgan fingerprint density at radius 3 is 2.88 bits per heavy atom. The molecule has 0 saturated carbocycles. The Bertz CT molecular complexity index is 760. The average molecular weight is 372 g/mol. The molecule has 6 heteroatoms. The highest BCUT2D eigenvalue weighted by molar-refractivity contribution is 7.07. The zero-order chi connectivity index (χ0) is 18.5. The number of thiophene rings is 1. The minimum atomic E-state index is -0.416. The molecular weight excluding hydrogens is 346 g/mol. The number of carbonyl (C=O) groups excluding carboxylic acids is 2. The van der Waals surface area contributed by atoms with Gasteiger partial charge >= 0.3 is 0 Å². The lowest BCUT2D eigenvalue weighted by atomic mass is 10.0. The second-order valence-corrected chi connectivity index (χ2v) is 7.57. The molecule has 0 spiro atoms. The first-order valence-corrected chi connectivity index (χ1v) is 9.80. The Morgan fingerprint density at radius 2 is 2.15 bits per heavy atom. The maximum Gasteiger partial charge on any atom is 0.237 e. The fourth-order valence-corrected chi connectivity index (χ4v) is 3.91. The van der Waals surface area contributed by atoms with Gasteiger partial charge in [0, 0.05) is 33.2 Å². The lowest BCUT2D eigenvalue weighted by Crippen LogP contribution is -2.56. The van der Waals surface area contributed by atoms with Crippen molar-refractivity contribution in [1.29, 1.82) is 0 Å². The summed E-state index contributed by atoms with van der Waals surface area (Å²) >= 11 is 1.62. The summed E-state index contributed by atoms with van der Waals surface area (Å²) in [6.07, 6.45) is 0.207. The summed E-state index contributed by atoms with van der Waals surface area (Å²) in [5, 5.41) is 6.95. The molecular formula is C20H25N3O2S. The van der Waals surface area contributed by atoms with Crippen LogP contribution in [0.15, 0.2) is 41.1 Å². The molecule has 0 bridgehead atoms. The number of hydrogen-bond donors (Lipinski definition) is 1. The lowest BCUT2D eigenvalue weighted by molar-refractivity contribution is -0.138. The van der Waals surface area contributed by atoms with Crippen LogP contribution < -0.4 is 5.32 Å². The summed E-state index contributed by atoms with van der Waals surface area (Å²) < 4.78 is 0. The molecule has 0 radical (unpaired) electrons. The van der Waals surface area contributed by atoms with Gasteiger partial charge in [-0.15, -0.1) is 0 Å². The van der Waals surface area contributed by atoms with Crippen molar-refractivity contribution < 1.29 is 9.59 Å². The van der Waals surface area contributed by atoms with Crippen LogP contribution in [0, 0.1) is 6.92 Å². The van der Waals surface area contributed by atoms with E-state index in [0.717, 1.165) is 12.1 Å². The molecule has 1 fully saturated rings. The van der Waals surface area contributed by atoms with Gasteiger partial charge in [-0.3, -0.25) is 14.5 Å². The van der Waals surface area contributed by atoms with Crippen molar-refractivity contribution in [3.63, 3.8) is 0 Å². The number of aryl methyl sites for hydroxylation is 1. The average Bonchev–Trinajstić information content (AvgIpc) is 3.12. The van der Waals surface area contributed by atoms with Crippen molar-refractivity contribution in [3.05, 3.63) is 57.8 Å². The fourth-order valence-electron chi connectivity index (χ4n) is 3.25. The van der Waals surface area contributed by atoms with Gasteiger partial charge in [-0.05, 0) is 40.4 Å². The number of piperazine rings is 1. The number of benzene rings is 1. The highest BCUT2D eigenvalue weighted by Crippen LogP contribution is 2.18. The van der Waals surface area contributed by atoms with Crippen molar-refractivity contribution in [3.8, 4) is 0 Å². The highest BCUT2D eigenvalue weighted by atomic mass is 32.1. The molecule has 1 aromatic heterocycles. The van der Waals surface area contributed by atoms with Gasteiger partial charge in [0.15, 0.2) is 0 Å². The van der Waals surface area contributed by atoms with Crippen LogP contribution in [0.4, 0.5) is 0 Å². The molecule has 0 aliphatic carbocycles. The summed E-state index contributed by atoms with van der Waals surface area (Å²) in [5.41, 5.74) is 3.53. The molecule has 1 aromatic carbocycles. The van der Waals surface area contributed by atoms with E-state index in [1.165, 1.54) is 11.1 Å². The Morgan fingerprint density at radius 1 is 1.35 bits per heavy atom. The van der Waals surface area contributed by atoms with Crippen LogP contribution in [-0.2, 0) is 22.7 Å². The maximum absolute atomic E-state index is 12.7. The number of nitrogens with zero attached hydrogens (tertiary/aromatic N) is 2. The first-order valence-electron chi connectivity index (χ1n) is 8.86. The van der Waals surface area contributed by atoms with Crippen molar-refractivity contribution in [2.75, 3.05) is 20.1 Å². The van der Waals surface area contributed by atoms with E-state index in [1.54, 1.807) is 23.3 Å². The maximum atomic E-state index is 12.7. The van der Waals surface area contributed by atoms with Crippen LogP contribution in [0.1, 0.15) is 23.1 Å². The van der Waals surface area contributed by atoms with E-state index in [0.29, 0.717) is 19.6 Å². The molecule has 26 heavy (non-hydrogen) atoms. The second kappa shape index (κ2) is 8.47. The zero-order valence-corrected chi connectivity index (χ0v) is 16.1. The van der Waals surface area contributed by atoms with Crippen molar-refractivity contribution in [2.45, 2.75) is 32.5 Å². The van der Waals surface area contributed by atoms with Gasteiger partial charge in [0.05, 0.1) is 12.5 Å². The first kappa shape index (κ1) is 18.6. The van der Waals surface area contributed by atoms with E-state index >= 15 is 0 Å². The summed E-state index contributed by atoms with van der Waals surface area (Å²) in [5.74, 6) is -0.0600. The summed E-state index contributed by atoms with van der Waals surface area (Å²) in [4.78, 5) is 28.9. The number of carbonyl (C=O) groups is 2. The topological polar surface area (TPSA) is 52.7 Å². The molecule has 0 unspecified atom stereocenters. The van der Waals surface area contributed by atoms with Crippen molar-refractivity contribution in [1.82, 2.24) is 15.1 Å². The molecule has 2 aromatic rings. The van der Waals surface area contributed by atoms with Crippen LogP contribution in [0.2, 0.25) is 0 Å². The molecule has 2 amide bonds. The Kier molecular flexibility index (Phi) is 6.06. The second-order valence-electron chi connectivity index (χ2n) is 6.79. The monoisotopic (exact) mass is 371 g/mol. The Hall–Kier alpha value is -2.18. The van der Waals surface area contributed by atoms with Gasteiger partial charge in [-0.1, -0.05) is 24.3 Å². The predicted octanol–water partition coefficient (Wildman–Crippen LogP) is 2.41. The minimum absolute atomic E-state index is 0.00645. The van der Waals surface area contributed by atoms with E-state index in [9.17, 15) is 9.59 Å². The molecule has 1 atom stereocenters. The highest BCUT2D eigenvalue weighted by Gasteiger charge is 2.32. The minimum Gasteiger partial charge on any atom is -0.353 e. The third-order valence-corrected chi connectivity index (χ3v) is 5.60. The third-order valence-electron chi connectivity index (χ3n) is 4.87. The Balaban J connectivity index is 1.67. The molecule has 1 saturated heterocycles. The van der Waals surface area contributed by atoms with Crippen LogP contribution in [-0.4, -0.2) is 47.8 Å². The van der Waals surface area contributed by atoms with Crippen LogP contribution in [0.5, 0.6) is 0 Å². The van der Waals surface area contributed by atoms with Gasteiger partial charge in [0.25, 0.3) is 0 Å². The number of hydrogen-bond acceptors (Lipinski definition) is 4. The number of amides is 2. The first-order chi connectivity index (χ1) is 12.5. The zero-order valence-electron chi connectivity index (χ0n) is 15.3. The third kappa shape index (κ3) is 4.51.